The summed E-state index contributed by atoms with van der Waals surface area (Å²) in [6, 6.07) is 6.97. The van der Waals surface area contributed by atoms with Crippen LogP contribution in [0.15, 0.2) is 53.7 Å². The molecule has 1 heterocycles. The predicted molar refractivity (Wildman–Crippen MR) is 77.2 cm³/mol. The summed E-state index contributed by atoms with van der Waals surface area (Å²) in [6.45, 7) is 0. The molecule has 21 heavy (non-hydrogen) atoms. The van der Waals surface area contributed by atoms with Crippen LogP contribution in [0, 0.1) is 5.92 Å². The van der Waals surface area contributed by atoms with Gasteiger partial charge in [-0.05, 0) is 35.9 Å². The summed E-state index contributed by atoms with van der Waals surface area (Å²) in [5.41, 5.74) is 0.773. The Labute approximate surface area is 126 Å². The largest absolute Gasteiger partial charge is 0.493 e. The number of rotatable bonds is 2. The van der Waals surface area contributed by atoms with Crippen LogP contribution < -0.4 is 0 Å². The van der Waals surface area contributed by atoms with Gasteiger partial charge in [0, 0.05) is 5.02 Å². The van der Waals surface area contributed by atoms with Gasteiger partial charge in [-0.3, -0.25) is 9.59 Å². The number of halogens is 1. The van der Waals surface area contributed by atoms with Gasteiger partial charge in [0.1, 0.15) is 11.7 Å². The van der Waals surface area contributed by atoms with Crippen LogP contribution in [0.1, 0.15) is 5.56 Å². The molecule has 1 aliphatic carbocycles. The van der Waals surface area contributed by atoms with E-state index in [1.807, 2.05) is 0 Å². The Morgan fingerprint density at radius 1 is 1.14 bits per heavy atom. The van der Waals surface area contributed by atoms with Gasteiger partial charge in [-0.1, -0.05) is 23.7 Å². The highest BCUT2D eigenvalue weighted by Crippen LogP contribution is 2.35. The first-order valence-electron chi connectivity index (χ1n) is 6.29. The van der Waals surface area contributed by atoms with Crippen LogP contribution in [-0.4, -0.2) is 18.7 Å². The molecular formula is C16H11ClO4. The molecule has 3 rings (SSSR count). The number of ketones is 2. The third kappa shape index (κ3) is 2.38. The molecule has 1 fully saturated rings. The number of carbonyl (C=O) groups excluding carboxylic acids is 2. The molecule has 0 radical (unpaired) electrons. The van der Waals surface area contributed by atoms with Crippen molar-refractivity contribution in [2.45, 2.75) is 0 Å². The Hall–Kier alpha value is -2.33. The lowest BCUT2D eigenvalue weighted by Crippen LogP contribution is -2.25. The van der Waals surface area contributed by atoms with Crippen molar-refractivity contribution < 1.29 is 19.1 Å². The van der Waals surface area contributed by atoms with Crippen LogP contribution in [-0.2, 0) is 19.1 Å². The lowest BCUT2D eigenvalue weighted by molar-refractivity contribution is -0.128. The van der Waals surface area contributed by atoms with Crippen LogP contribution in [0.25, 0.3) is 6.08 Å². The number of Topliss-reactive ketones (excluding diaryl/α,β-unsaturated/α-hetero) is 2. The quantitative estimate of drug-likeness (QED) is 0.622. The summed E-state index contributed by atoms with van der Waals surface area (Å²) in [5, 5.41) is 0.608. The SMILES string of the molecule is COC1=CC=C2O/C(=C\c3ccc(Cl)cc3)C(=O)C2C1=O. The van der Waals surface area contributed by atoms with E-state index in [-0.39, 0.29) is 23.1 Å². The molecule has 1 aromatic rings. The van der Waals surface area contributed by atoms with E-state index in [1.165, 1.54) is 13.2 Å². The third-order valence-corrected chi connectivity index (χ3v) is 3.56. The maximum Gasteiger partial charge on any atom is 0.216 e. The van der Waals surface area contributed by atoms with Crippen molar-refractivity contribution in [3.63, 3.8) is 0 Å². The summed E-state index contributed by atoms with van der Waals surface area (Å²) in [6.07, 6.45) is 4.69. The summed E-state index contributed by atoms with van der Waals surface area (Å²) in [7, 11) is 1.40. The monoisotopic (exact) mass is 302 g/mol. The highest BCUT2D eigenvalue weighted by Gasteiger charge is 2.44. The molecule has 5 heteroatoms. The van der Waals surface area contributed by atoms with Gasteiger partial charge in [0.2, 0.25) is 11.6 Å². The molecule has 4 nitrogen and oxygen atoms in total. The number of benzene rings is 1. The van der Waals surface area contributed by atoms with Gasteiger partial charge in [0.05, 0.1) is 7.11 Å². The second kappa shape index (κ2) is 5.22. The minimum Gasteiger partial charge on any atom is -0.493 e. The molecule has 1 saturated heterocycles. The van der Waals surface area contributed by atoms with Gasteiger partial charge in [0.25, 0.3) is 0 Å². The maximum atomic E-state index is 12.3. The van der Waals surface area contributed by atoms with Gasteiger partial charge in [-0.25, -0.2) is 0 Å². The second-order valence-corrected chi connectivity index (χ2v) is 5.06. The number of hydrogen-bond donors (Lipinski definition) is 0. The van der Waals surface area contributed by atoms with Crippen LogP contribution in [0.4, 0.5) is 0 Å². The Morgan fingerprint density at radius 3 is 2.52 bits per heavy atom. The van der Waals surface area contributed by atoms with Crippen molar-refractivity contribution in [2.24, 2.45) is 5.92 Å². The zero-order valence-electron chi connectivity index (χ0n) is 11.1. The lowest BCUT2D eigenvalue weighted by atomic mass is 9.92. The predicted octanol–water partition coefficient (Wildman–Crippen LogP) is 2.89. The van der Waals surface area contributed by atoms with E-state index in [0.717, 1.165) is 5.56 Å². The maximum absolute atomic E-state index is 12.3. The van der Waals surface area contributed by atoms with Crippen molar-refractivity contribution in [3.8, 4) is 0 Å². The van der Waals surface area contributed by atoms with E-state index in [0.29, 0.717) is 10.8 Å². The fourth-order valence-electron chi connectivity index (χ4n) is 2.25. The van der Waals surface area contributed by atoms with Gasteiger partial charge >= 0.3 is 0 Å². The van der Waals surface area contributed by atoms with Gasteiger partial charge < -0.3 is 9.47 Å². The van der Waals surface area contributed by atoms with Crippen molar-refractivity contribution in [2.75, 3.05) is 7.11 Å². The first kappa shape index (κ1) is 13.6. The second-order valence-electron chi connectivity index (χ2n) is 4.63. The highest BCUT2D eigenvalue weighted by molar-refractivity contribution is 6.30. The smallest absolute Gasteiger partial charge is 0.216 e. The molecule has 0 spiro atoms. The highest BCUT2D eigenvalue weighted by atomic mass is 35.5. The van der Waals surface area contributed by atoms with Crippen molar-refractivity contribution >= 4 is 29.2 Å². The van der Waals surface area contributed by atoms with E-state index in [1.54, 1.807) is 36.4 Å². The fourth-order valence-corrected chi connectivity index (χ4v) is 2.37. The number of ether oxygens (including phenoxy) is 2. The zero-order valence-corrected chi connectivity index (χ0v) is 11.9. The summed E-state index contributed by atoms with van der Waals surface area (Å²) in [4.78, 5) is 24.4. The number of methoxy groups -OCH3 is 1. The Bertz CT molecular complexity index is 710. The molecule has 1 aliphatic heterocycles. The Morgan fingerprint density at radius 2 is 1.86 bits per heavy atom. The van der Waals surface area contributed by atoms with Crippen LogP contribution in [0.3, 0.4) is 0 Å². The fraction of sp³-hybridized carbons (Fsp3) is 0.125. The molecular weight excluding hydrogens is 292 g/mol. The molecule has 1 unspecified atom stereocenters. The molecule has 0 amide bonds. The number of carbonyl (C=O) groups is 2. The number of fused-ring (bicyclic) bond motifs is 1. The average molecular weight is 303 g/mol. The lowest BCUT2D eigenvalue weighted by Gasteiger charge is -2.12. The van der Waals surface area contributed by atoms with E-state index in [4.69, 9.17) is 21.1 Å². The van der Waals surface area contributed by atoms with Crippen LogP contribution in [0.5, 0.6) is 0 Å². The minimum atomic E-state index is -0.927. The first-order valence-corrected chi connectivity index (χ1v) is 6.67. The third-order valence-electron chi connectivity index (χ3n) is 3.31. The number of allylic oxidation sites excluding steroid dienone is 5. The van der Waals surface area contributed by atoms with Gasteiger partial charge in [-0.15, -0.1) is 0 Å². The van der Waals surface area contributed by atoms with E-state index < -0.39 is 5.92 Å². The normalized spacial score (nSPS) is 22.6. The van der Waals surface area contributed by atoms with Gasteiger partial charge in [0.15, 0.2) is 11.5 Å². The van der Waals surface area contributed by atoms with E-state index in [9.17, 15) is 9.59 Å². The Kier molecular flexibility index (Phi) is 3.39. The molecule has 2 aliphatic rings. The van der Waals surface area contributed by atoms with Crippen molar-refractivity contribution in [1.29, 1.82) is 0 Å². The van der Waals surface area contributed by atoms with Crippen molar-refractivity contribution in [3.05, 3.63) is 64.3 Å². The molecule has 1 atom stereocenters. The number of hydrogen-bond acceptors (Lipinski definition) is 4. The van der Waals surface area contributed by atoms with E-state index in [2.05, 4.69) is 0 Å². The Balaban J connectivity index is 1.92. The molecule has 106 valence electrons. The topological polar surface area (TPSA) is 52.6 Å². The minimum absolute atomic E-state index is 0.146. The summed E-state index contributed by atoms with van der Waals surface area (Å²) in [5.74, 6) is -1.01. The van der Waals surface area contributed by atoms with Gasteiger partial charge in [-0.2, -0.15) is 0 Å². The molecule has 0 saturated carbocycles. The molecule has 1 aromatic carbocycles. The molecule has 0 N–H and O–H groups in total. The standard InChI is InChI=1S/C16H11ClO4/c1-20-12-7-6-11-14(15(12)18)16(19)13(21-11)8-9-2-4-10(17)5-3-9/h2-8,14H,1H3/b13-8-. The van der Waals surface area contributed by atoms with Crippen LogP contribution >= 0.6 is 11.6 Å². The zero-order chi connectivity index (χ0) is 15.0. The van der Waals surface area contributed by atoms with Crippen molar-refractivity contribution in [1.82, 2.24) is 0 Å². The molecule has 0 bridgehead atoms. The first-order chi connectivity index (χ1) is 10.1. The van der Waals surface area contributed by atoms with E-state index >= 15 is 0 Å². The van der Waals surface area contributed by atoms with Crippen LogP contribution in [0.2, 0.25) is 5.02 Å². The average Bonchev–Trinajstić information content (AvgIpc) is 2.79. The molecule has 0 aromatic heterocycles. The summed E-state index contributed by atoms with van der Waals surface area (Å²) >= 11 is 5.81. The summed E-state index contributed by atoms with van der Waals surface area (Å²) < 4.78 is 10.4.